The number of halogens is 1. The van der Waals surface area contributed by atoms with Gasteiger partial charge in [0.1, 0.15) is 5.15 Å². The Kier molecular flexibility index (Phi) is 5.91. The van der Waals surface area contributed by atoms with E-state index in [-0.39, 0.29) is 0 Å². The van der Waals surface area contributed by atoms with E-state index in [1.165, 1.54) is 44.1 Å². The third kappa shape index (κ3) is 3.76. The number of rotatable bonds is 7. The van der Waals surface area contributed by atoms with Gasteiger partial charge < -0.3 is 5.32 Å². The number of hydrogen-bond acceptors (Lipinski definition) is 2. The van der Waals surface area contributed by atoms with Gasteiger partial charge in [-0.05, 0) is 51.5 Å². The third-order valence-electron chi connectivity index (χ3n) is 4.60. The smallest absolute Gasteiger partial charge is 0.130 e. The molecule has 1 aromatic heterocycles. The molecule has 0 aliphatic heterocycles. The lowest BCUT2D eigenvalue weighted by Gasteiger charge is -2.24. The van der Waals surface area contributed by atoms with Gasteiger partial charge in [-0.1, -0.05) is 31.4 Å². The summed E-state index contributed by atoms with van der Waals surface area (Å²) in [7, 11) is 1.92. The van der Waals surface area contributed by atoms with E-state index in [9.17, 15) is 0 Å². The fourth-order valence-corrected chi connectivity index (χ4v) is 3.72. The van der Waals surface area contributed by atoms with Crippen LogP contribution in [-0.2, 0) is 13.5 Å². The second-order valence-electron chi connectivity index (χ2n) is 6.12. The molecule has 2 rings (SSSR count). The van der Waals surface area contributed by atoms with E-state index < -0.39 is 0 Å². The van der Waals surface area contributed by atoms with Crippen molar-refractivity contribution >= 4 is 11.6 Å². The molecule has 0 amide bonds. The Bertz CT molecular complexity index is 422. The molecule has 1 saturated carbocycles. The SMILES string of the molecule is CCCNC(CCc1c(C)nn(C)c1Cl)C1CCCC1. The van der Waals surface area contributed by atoms with Crippen molar-refractivity contribution < 1.29 is 0 Å². The van der Waals surface area contributed by atoms with Gasteiger partial charge in [0, 0.05) is 18.7 Å². The van der Waals surface area contributed by atoms with Gasteiger partial charge >= 0.3 is 0 Å². The summed E-state index contributed by atoms with van der Waals surface area (Å²) in [5, 5.41) is 8.98. The third-order valence-corrected chi connectivity index (χ3v) is 5.07. The summed E-state index contributed by atoms with van der Waals surface area (Å²) < 4.78 is 1.79. The summed E-state index contributed by atoms with van der Waals surface area (Å²) in [6, 6.07) is 0.646. The molecule has 3 nitrogen and oxygen atoms in total. The summed E-state index contributed by atoms with van der Waals surface area (Å²) in [5.41, 5.74) is 2.31. The van der Waals surface area contributed by atoms with E-state index in [0.29, 0.717) is 6.04 Å². The molecule has 1 heterocycles. The second-order valence-corrected chi connectivity index (χ2v) is 6.48. The number of nitrogens with one attached hydrogen (secondary N) is 1. The summed E-state index contributed by atoms with van der Waals surface area (Å²) in [4.78, 5) is 0. The van der Waals surface area contributed by atoms with Crippen molar-refractivity contribution in [1.82, 2.24) is 15.1 Å². The van der Waals surface area contributed by atoms with Gasteiger partial charge in [-0.3, -0.25) is 4.68 Å². The molecule has 0 radical (unpaired) electrons. The van der Waals surface area contributed by atoms with Crippen molar-refractivity contribution in [2.24, 2.45) is 13.0 Å². The average Bonchev–Trinajstić information content (AvgIpc) is 3.02. The highest BCUT2D eigenvalue weighted by molar-refractivity contribution is 6.30. The number of aryl methyl sites for hydroxylation is 2. The molecule has 1 N–H and O–H groups in total. The molecule has 1 aliphatic carbocycles. The van der Waals surface area contributed by atoms with E-state index in [1.807, 2.05) is 7.05 Å². The molecular weight excluding hydrogens is 270 g/mol. The molecule has 1 unspecified atom stereocenters. The fraction of sp³-hybridized carbons (Fsp3) is 0.812. The van der Waals surface area contributed by atoms with Gasteiger partial charge in [-0.15, -0.1) is 0 Å². The van der Waals surface area contributed by atoms with E-state index in [1.54, 1.807) is 4.68 Å². The predicted octanol–water partition coefficient (Wildman–Crippen LogP) is 3.87. The van der Waals surface area contributed by atoms with Crippen LogP contribution in [0.1, 0.15) is 56.7 Å². The van der Waals surface area contributed by atoms with Crippen LogP contribution in [0.2, 0.25) is 5.15 Å². The topological polar surface area (TPSA) is 29.9 Å². The minimum Gasteiger partial charge on any atom is -0.314 e. The van der Waals surface area contributed by atoms with Gasteiger partial charge in [-0.2, -0.15) is 5.10 Å². The maximum absolute atomic E-state index is 6.34. The van der Waals surface area contributed by atoms with Gasteiger partial charge in [0.15, 0.2) is 0 Å². The van der Waals surface area contributed by atoms with Crippen LogP contribution in [0.15, 0.2) is 0 Å². The van der Waals surface area contributed by atoms with E-state index in [0.717, 1.165) is 29.7 Å². The van der Waals surface area contributed by atoms with Crippen LogP contribution >= 0.6 is 11.6 Å². The second kappa shape index (κ2) is 7.46. The maximum Gasteiger partial charge on any atom is 0.130 e. The Morgan fingerprint density at radius 2 is 2.10 bits per heavy atom. The highest BCUT2D eigenvalue weighted by atomic mass is 35.5. The quantitative estimate of drug-likeness (QED) is 0.828. The van der Waals surface area contributed by atoms with Crippen LogP contribution in [0.4, 0.5) is 0 Å². The summed E-state index contributed by atoms with van der Waals surface area (Å²) >= 11 is 6.34. The molecule has 1 fully saturated rings. The molecule has 20 heavy (non-hydrogen) atoms. The highest BCUT2D eigenvalue weighted by Gasteiger charge is 2.25. The first kappa shape index (κ1) is 15.8. The van der Waals surface area contributed by atoms with Crippen LogP contribution in [0.25, 0.3) is 0 Å². The first-order valence-corrected chi connectivity index (χ1v) is 8.42. The lowest BCUT2D eigenvalue weighted by molar-refractivity contribution is 0.340. The average molecular weight is 298 g/mol. The monoisotopic (exact) mass is 297 g/mol. The molecule has 0 spiro atoms. The largest absolute Gasteiger partial charge is 0.314 e. The molecule has 0 bridgehead atoms. The minimum atomic E-state index is 0.646. The Hall–Kier alpha value is -0.540. The zero-order valence-electron chi connectivity index (χ0n) is 13.1. The van der Waals surface area contributed by atoms with Crippen LogP contribution < -0.4 is 5.32 Å². The van der Waals surface area contributed by atoms with E-state index >= 15 is 0 Å². The molecule has 0 aromatic carbocycles. The molecule has 4 heteroatoms. The fourth-order valence-electron chi connectivity index (χ4n) is 3.45. The summed E-state index contributed by atoms with van der Waals surface area (Å²) in [6.45, 7) is 5.42. The van der Waals surface area contributed by atoms with Gasteiger partial charge in [0.25, 0.3) is 0 Å². The zero-order valence-corrected chi connectivity index (χ0v) is 13.8. The number of aromatic nitrogens is 2. The predicted molar refractivity (Wildman–Crippen MR) is 85.3 cm³/mol. The van der Waals surface area contributed by atoms with E-state index in [4.69, 9.17) is 11.6 Å². The lowest BCUT2D eigenvalue weighted by Crippen LogP contribution is -2.36. The van der Waals surface area contributed by atoms with Crippen molar-refractivity contribution in [3.8, 4) is 0 Å². The molecule has 1 aromatic rings. The number of hydrogen-bond donors (Lipinski definition) is 1. The van der Waals surface area contributed by atoms with Crippen LogP contribution in [-0.4, -0.2) is 22.4 Å². The number of nitrogens with zero attached hydrogens (tertiary/aromatic N) is 2. The molecular formula is C16H28ClN3. The summed E-state index contributed by atoms with van der Waals surface area (Å²) in [6.07, 6.45) is 9.01. The minimum absolute atomic E-state index is 0.646. The van der Waals surface area contributed by atoms with Crippen molar-refractivity contribution in [2.75, 3.05) is 6.54 Å². The molecule has 1 aliphatic rings. The van der Waals surface area contributed by atoms with Gasteiger partial charge in [0.05, 0.1) is 5.69 Å². The first-order chi connectivity index (χ1) is 9.63. The van der Waals surface area contributed by atoms with Crippen molar-refractivity contribution in [3.63, 3.8) is 0 Å². The van der Waals surface area contributed by atoms with Gasteiger partial charge in [0.2, 0.25) is 0 Å². The standard InChI is InChI=1S/C16H28ClN3/c1-4-11-18-15(13-7-5-6-8-13)10-9-14-12(2)19-20(3)16(14)17/h13,15,18H,4-11H2,1-3H3. The summed E-state index contributed by atoms with van der Waals surface area (Å²) in [5.74, 6) is 0.859. The Morgan fingerprint density at radius 1 is 1.40 bits per heavy atom. The maximum atomic E-state index is 6.34. The zero-order chi connectivity index (χ0) is 14.5. The van der Waals surface area contributed by atoms with E-state index in [2.05, 4.69) is 24.3 Å². The Labute approximate surface area is 128 Å². The molecule has 0 saturated heterocycles. The van der Waals surface area contributed by atoms with Crippen molar-refractivity contribution in [2.45, 2.75) is 64.8 Å². The highest BCUT2D eigenvalue weighted by Crippen LogP contribution is 2.30. The Balaban J connectivity index is 1.96. The van der Waals surface area contributed by atoms with Crippen LogP contribution in [0, 0.1) is 12.8 Å². The van der Waals surface area contributed by atoms with Crippen LogP contribution in [0.3, 0.4) is 0 Å². The normalized spacial score (nSPS) is 17.8. The van der Waals surface area contributed by atoms with Crippen molar-refractivity contribution in [3.05, 3.63) is 16.4 Å². The van der Waals surface area contributed by atoms with Crippen molar-refractivity contribution in [1.29, 1.82) is 0 Å². The first-order valence-electron chi connectivity index (χ1n) is 8.04. The molecule has 114 valence electrons. The molecule has 1 atom stereocenters. The van der Waals surface area contributed by atoms with Crippen LogP contribution in [0.5, 0.6) is 0 Å². The van der Waals surface area contributed by atoms with Gasteiger partial charge in [-0.25, -0.2) is 0 Å². The Morgan fingerprint density at radius 3 is 2.65 bits per heavy atom. The lowest BCUT2D eigenvalue weighted by atomic mass is 9.92.